The molecule has 2 rings (SSSR count). The number of aromatic nitrogens is 2. The molecule has 1 heterocycles. The minimum Gasteiger partial charge on any atom is -0.244 e. The number of nitrogens with zero attached hydrogens (tertiary/aromatic N) is 2. The topological polar surface area (TPSA) is 25.8 Å². The Bertz CT molecular complexity index is 326. The maximum absolute atomic E-state index is 4.23. The minimum atomic E-state index is 0.581. The number of hydrogen-bond acceptors (Lipinski definition) is 2. The lowest BCUT2D eigenvalue weighted by Gasteiger charge is -2.06. The van der Waals surface area contributed by atoms with Crippen molar-refractivity contribution in [3.05, 3.63) is 29.9 Å². The molecule has 0 fully saturated rings. The maximum Gasteiger partial charge on any atom is 0.115 e. The molecule has 0 atom stereocenters. The third-order valence-electron chi connectivity index (χ3n) is 2.24. The summed E-state index contributed by atoms with van der Waals surface area (Å²) in [5.74, 6) is 0.581. The van der Waals surface area contributed by atoms with Crippen LogP contribution in [0.15, 0.2) is 18.6 Å². The first-order valence-corrected chi connectivity index (χ1v) is 4.28. The average molecular weight is 160 g/mol. The van der Waals surface area contributed by atoms with E-state index in [4.69, 9.17) is 0 Å². The summed E-state index contributed by atoms with van der Waals surface area (Å²) >= 11 is 0. The van der Waals surface area contributed by atoms with E-state index in [1.807, 2.05) is 6.20 Å². The van der Waals surface area contributed by atoms with Gasteiger partial charge in [-0.25, -0.2) is 9.97 Å². The minimum absolute atomic E-state index is 0.581. The predicted octanol–water partition coefficient (Wildman–Crippen LogP) is 2.07. The Balaban J connectivity index is 2.45. The lowest BCUT2D eigenvalue weighted by Crippen LogP contribution is -1.94. The molecule has 1 aromatic rings. The zero-order valence-corrected chi connectivity index (χ0v) is 7.41. The molecular weight excluding hydrogens is 148 g/mol. The Kier molecular flexibility index (Phi) is 1.68. The Morgan fingerprint density at radius 1 is 1.42 bits per heavy atom. The molecule has 0 bridgehead atoms. The highest BCUT2D eigenvalue weighted by Crippen LogP contribution is 2.30. The van der Waals surface area contributed by atoms with Crippen molar-refractivity contribution in [3.8, 4) is 0 Å². The molecule has 0 amide bonds. The van der Waals surface area contributed by atoms with Crippen LogP contribution in [0.25, 0.3) is 5.57 Å². The van der Waals surface area contributed by atoms with Crippen LogP contribution < -0.4 is 0 Å². The molecule has 0 saturated heterocycles. The van der Waals surface area contributed by atoms with Gasteiger partial charge in [0.2, 0.25) is 0 Å². The molecule has 0 N–H and O–H groups in total. The van der Waals surface area contributed by atoms with E-state index >= 15 is 0 Å². The van der Waals surface area contributed by atoms with E-state index in [2.05, 4.69) is 29.9 Å². The number of rotatable bonds is 1. The highest BCUT2D eigenvalue weighted by molar-refractivity contribution is 5.72. The van der Waals surface area contributed by atoms with Crippen molar-refractivity contribution in [2.75, 3.05) is 0 Å². The summed E-state index contributed by atoms with van der Waals surface area (Å²) in [7, 11) is 0. The molecular formula is C10H12N2. The Morgan fingerprint density at radius 3 is 3.00 bits per heavy atom. The van der Waals surface area contributed by atoms with Crippen LogP contribution in [0.2, 0.25) is 0 Å². The fourth-order valence-electron chi connectivity index (χ4n) is 1.62. The van der Waals surface area contributed by atoms with Crippen molar-refractivity contribution in [1.29, 1.82) is 0 Å². The lowest BCUT2D eigenvalue weighted by atomic mass is 10.00. The van der Waals surface area contributed by atoms with Crippen LogP contribution in [0.5, 0.6) is 0 Å². The van der Waals surface area contributed by atoms with Crippen molar-refractivity contribution in [2.45, 2.75) is 20.3 Å². The van der Waals surface area contributed by atoms with Crippen LogP contribution in [-0.2, 0) is 6.42 Å². The summed E-state index contributed by atoms with van der Waals surface area (Å²) in [6.07, 6.45) is 6.77. The largest absolute Gasteiger partial charge is 0.244 e. The summed E-state index contributed by atoms with van der Waals surface area (Å²) in [6, 6.07) is 0. The fourth-order valence-corrected chi connectivity index (χ4v) is 1.62. The maximum atomic E-state index is 4.23. The zero-order valence-electron chi connectivity index (χ0n) is 7.41. The molecule has 0 saturated carbocycles. The molecule has 2 nitrogen and oxygen atoms in total. The summed E-state index contributed by atoms with van der Waals surface area (Å²) in [5.41, 5.74) is 3.81. The lowest BCUT2D eigenvalue weighted by molar-refractivity contribution is 0.855. The van der Waals surface area contributed by atoms with Crippen LogP contribution in [0.1, 0.15) is 25.1 Å². The molecule has 0 unspecified atom stereocenters. The van der Waals surface area contributed by atoms with Gasteiger partial charge in [0.1, 0.15) is 6.33 Å². The number of hydrogen-bond donors (Lipinski definition) is 0. The molecule has 0 spiro atoms. The Labute approximate surface area is 72.4 Å². The van der Waals surface area contributed by atoms with Gasteiger partial charge in [0, 0.05) is 18.2 Å². The Hall–Kier alpha value is -1.18. The SMILES string of the molecule is CC(C)C1=CCc2ncncc21. The van der Waals surface area contributed by atoms with Gasteiger partial charge in [-0.1, -0.05) is 19.9 Å². The van der Waals surface area contributed by atoms with E-state index in [1.165, 1.54) is 16.8 Å². The highest BCUT2D eigenvalue weighted by atomic mass is 14.8. The van der Waals surface area contributed by atoms with Crippen molar-refractivity contribution in [1.82, 2.24) is 9.97 Å². The smallest absolute Gasteiger partial charge is 0.115 e. The molecule has 0 radical (unpaired) electrons. The molecule has 2 heteroatoms. The van der Waals surface area contributed by atoms with E-state index in [0.29, 0.717) is 5.92 Å². The van der Waals surface area contributed by atoms with Gasteiger partial charge in [-0.05, 0) is 11.5 Å². The standard InChI is InChI=1S/C10H12N2/c1-7(2)8-3-4-10-9(8)5-11-6-12-10/h3,5-7H,4H2,1-2H3. The van der Waals surface area contributed by atoms with Gasteiger partial charge >= 0.3 is 0 Å². The summed E-state index contributed by atoms with van der Waals surface area (Å²) in [4.78, 5) is 8.27. The first-order valence-electron chi connectivity index (χ1n) is 4.28. The molecule has 1 aromatic heterocycles. The molecule has 0 aromatic carbocycles. The normalized spacial score (nSPS) is 14.8. The van der Waals surface area contributed by atoms with Gasteiger partial charge < -0.3 is 0 Å². The average Bonchev–Trinajstić information content (AvgIpc) is 2.47. The molecule has 62 valence electrons. The van der Waals surface area contributed by atoms with Crippen molar-refractivity contribution >= 4 is 5.57 Å². The number of fused-ring (bicyclic) bond motifs is 1. The highest BCUT2D eigenvalue weighted by Gasteiger charge is 2.16. The quantitative estimate of drug-likeness (QED) is 0.628. The van der Waals surface area contributed by atoms with Gasteiger partial charge in [0.25, 0.3) is 0 Å². The monoisotopic (exact) mass is 160 g/mol. The molecule has 0 aliphatic heterocycles. The Morgan fingerprint density at radius 2 is 2.25 bits per heavy atom. The van der Waals surface area contributed by atoms with Crippen molar-refractivity contribution < 1.29 is 0 Å². The third-order valence-corrected chi connectivity index (χ3v) is 2.24. The fraction of sp³-hybridized carbons (Fsp3) is 0.400. The van der Waals surface area contributed by atoms with Gasteiger partial charge in [-0.3, -0.25) is 0 Å². The van der Waals surface area contributed by atoms with Crippen LogP contribution in [0.4, 0.5) is 0 Å². The van der Waals surface area contributed by atoms with E-state index in [1.54, 1.807) is 6.33 Å². The zero-order chi connectivity index (χ0) is 8.55. The van der Waals surface area contributed by atoms with Crippen molar-refractivity contribution in [3.63, 3.8) is 0 Å². The first-order chi connectivity index (χ1) is 5.79. The van der Waals surface area contributed by atoms with E-state index in [0.717, 1.165) is 6.42 Å². The van der Waals surface area contributed by atoms with Crippen LogP contribution in [-0.4, -0.2) is 9.97 Å². The summed E-state index contributed by atoms with van der Waals surface area (Å²) in [6.45, 7) is 4.40. The van der Waals surface area contributed by atoms with Gasteiger partial charge in [-0.2, -0.15) is 0 Å². The van der Waals surface area contributed by atoms with Crippen LogP contribution in [0, 0.1) is 5.92 Å². The second kappa shape index (κ2) is 2.70. The van der Waals surface area contributed by atoms with Crippen LogP contribution in [0.3, 0.4) is 0 Å². The second-order valence-corrected chi connectivity index (χ2v) is 3.40. The third kappa shape index (κ3) is 1.04. The van der Waals surface area contributed by atoms with E-state index in [-0.39, 0.29) is 0 Å². The molecule has 1 aliphatic rings. The second-order valence-electron chi connectivity index (χ2n) is 3.40. The molecule has 1 aliphatic carbocycles. The van der Waals surface area contributed by atoms with E-state index in [9.17, 15) is 0 Å². The van der Waals surface area contributed by atoms with Crippen LogP contribution >= 0.6 is 0 Å². The van der Waals surface area contributed by atoms with Gasteiger partial charge in [0.05, 0.1) is 5.69 Å². The van der Waals surface area contributed by atoms with Crippen molar-refractivity contribution in [2.24, 2.45) is 5.92 Å². The number of allylic oxidation sites excluding steroid dienone is 2. The first kappa shape index (κ1) is 7.47. The van der Waals surface area contributed by atoms with E-state index < -0.39 is 0 Å². The van der Waals surface area contributed by atoms with Gasteiger partial charge in [-0.15, -0.1) is 0 Å². The summed E-state index contributed by atoms with van der Waals surface area (Å²) in [5, 5.41) is 0. The molecule has 12 heavy (non-hydrogen) atoms. The van der Waals surface area contributed by atoms with Gasteiger partial charge in [0.15, 0.2) is 0 Å². The predicted molar refractivity (Wildman–Crippen MR) is 48.6 cm³/mol. The summed E-state index contributed by atoms with van der Waals surface area (Å²) < 4.78 is 0.